The molecule has 0 aliphatic heterocycles. The van der Waals surface area contributed by atoms with Gasteiger partial charge >= 0.3 is 0 Å². The van der Waals surface area contributed by atoms with Crippen LogP contribution in [0, 0.1) is 0 Å². The molecule has 0 unspecified atom stereocenters. The van der Waals surface area contributed by atoms with Crippen LogP contribution in [0.4, 0.5) is 17.1 Å². The number of rotatable bonds is 7. The summed E-state index contributed by atoms with van der Waals surface area (Å²) in [6.07, 6.45) is 0. The molecule has 9 aromatic rings. The zero-order valence-corrected chi connectivity index (χ0v) is 27.5. The Hall–Kier alpha value is -6.64. The van der Waals surface area contributed by atoms with Crippen molar-refractivity contribution in [2.24, 2.45) is 0 Å². The van der Waals surface area contributed by atoms with Gasteiger partial charge in [0, 0.05) is 33.4 Å². The van der Waals surface area contributed by atoms with Crippen LogP contribution in [0.1, 0.15) is 0 Å². The van der Waals surface area contributed by atoms with Crippen molar-refractivity contribution in [3.63, 3.8) is 0 Å². The molecule has 1 heterocycles. The normalized spacial score (nSPS) is 11.2. The van der Waals surface area contributed by atoms with Gasteiger partial charge in [0.15, 0.2) is 0 Å². The first-order valence-corrected chi connectivity index (χ1v) is 17.1. The van der Waals surface area contributed by atoms with E-state index in [-0.39, 0.29) is 0 Å². The van der Waals surface area contributed by atoms with Crippen molar-refractivity contribution in [2.75, 3.05) is 4.90 Å². The van der Waals surface area contributed by atoms with Crippen LogP contribution in [-0.2, 0) is 0 Å². The fraction of sp³-hybridized carbons (Fsp3) is 0. The molecule has 0 radical (unpaired) electrons. The number of para-hydroxylation sites is 4. The first-order chi connectivity index (χ1) is 24.8. The zero-order valence-electron chi connectivity index (χ0n) is 27.5. The lowest BCUT2D eigenvalue weighted by molar-refractivity contribution is 1.17. The minimum absolute atomic E-state index is 1.09. The van der Waals surface area contributed by atoms with E-state index < -0.39 is 0 Å². The molecule has 0 saturated heterocycles. The summed E-state index contributed by atoms with van der Waals surface area (Å²) in [7, 11) is 0. The van der Waals surface area contributed by atoms with Gasteiger partial charge in [0.25, 0.3) is 0 Å². The summed E-state index contributed by atoms with van der Waals surface area (Å²) in [4.78, 5) is 2.38. The van der Waals surface area contributed by atoms with Crippen LogP contribution in [0.15, 0.2) is 206 Å². The van der Waals surface area contributed by atoms with Gasteiger partial charge in [-0.1, -0.05) is 152 Å². The summed E-state index contributed by atoms with van der Waals surface area (Å²) in [6.45, 7) is 0. The summed E-state index contributed by atoms with van der Waals surface area (Å²) in [5.41, 5.74) is 14.1. The number of hydrogen-bond donors (Lipinski definition) is 0. The van der Waals surface area contributed by atoms with Gasteiger partial charge in [-0.2, -0.15) is 0 Å². The van der Waals surface area contributed by atoms with Crippen molar-refractivity contribution >= 4 is 38.9 Å². The van der Waals surface area contributed by atoms with Crippen molar-refractivity contribution in [3.05, 3.63) is 206 Å². The fourth-order valence-corrected chi connectivity index (χ4v) is 7.39. The van der Waals surface area contributed by atoms with Gasteiger partial charge in [-0.3, -0.25) is 0 Å². The molecule has 9 rings (SSSR count). The van der Waals surface area contributed by atoms with Crippen LogP contribution in [-0.4, -0.2) is 4.57 Å². The van der Waals surface area contributed by atoms with Crippen LogP contribution in [0.25, 0.3) is 60.9 Å². The van der Waals surface area contributed by atoms with Crippen LogP contribution < -0.4 is 4.90 Å². The SMILES string of the molecule is c1ccc(-c2ccccc2-c2ccccc2-c2ccccc2N(c2ccccc2)c2ccc(-n3c4ccccc4c4ccccc43)cc2)cc1. The maximum Gasteiger partial charge on any atom is 0.0541 e. The van der Waals surface area contributed by atoms with Gasteiger partial charge in [0.05, 0.1) is 16.7 Å². The van der Waals surface area contributed by atoms with E-state index in [1.165, 1.54) is 55.2 Å². The average Bonchev–Trinajstić information content (AvgIpc) is 3.54. The van der Waals surface area contributed by atoms with Gasteiger partial charge in [-0.15, -0.1) is 0 Å². The summed E-state index contributed by atoms with van der Waals surface area (Å²) < 4.78 is 2.37. The van der Waals surface area contributed by atoms with Crippen LogP contribution >= 0.6 is 0 Å². The van der Waals surface area contributed by atoms with E-state index in [2.05, 4.69) is 216 Å². The van der Waals surface area contributed by atoms with Gasteiger partial charge in [-0.25, -0.2) is 0 Å². The summed E-state index contributed by atoms with van der Waals surface area (Å²) in [5.74, 6) is 0. The Kier molecular flexibility index (Phi) is 7.53. The molecule has 236 valence electrons. The topological polar surface area (TPSA) is 8.17 Å². The van der Waals surface area contributed by atoms with Crippen LogP contribution in [0.5, 0.6) is 0 Å². The first kappa shape index (κ1) is 29.5. The van der Waals surface area contributed by atoms with Gasteiger partial charge in [0.2, 0.25) is 0 Å². The van der Waals surface area contributed by atoms with Crippen LogP contribution in [0.3, 0.4) is 0 Å². The van der Waals surface area contributed by atoms with Crippen molar-refractivity contribution in [1.29, 1.82) is 0 Å². The second kappa shape index (κ2) is 12.8. The Morgan fingerprint density at radius 3 is 1.34 bits per heavy atom. The minimum atomic E-state index is 1.09. The molecule has 0 N–H and O–H groups in total. The third-order valence-corrected chi connectivity index (χ3v) is 9.62. The van der Waals surface area contributed by atoms with Gasteiger partial charge in [-0.05, 0) is 82.4 Å². The summed E-state index contributed by atoms with van der Waals surface area (Å²) >= 11 is 0. The molecule has 0 aliphatic carbocycles. The third-order valence-electron chi connectivity index (χ3n) is 9.62. The van der Waals surface area contributed by atoms with Crippen molar-refractivity contribution in [3.8, 4) is 39.1 Å². The van der Waals surface area contributed by atoms with E-state index in [9.17, 15) is 0 Å². The molecular formula is C48H34N2. The molecular weight excluding hydrogens is 605 g/mol. The predicted octanol–water partition coefficient (Wildman–Crippen LogP) is 13.3. The highest BCUT2D eigenvalue weighted by atomic mass is 15.1. The second-order valence-corrected chi connectivity index (χ2v) is 12.5. The number of aromatic nitrogens is 1. The molecule has 2 heteroatoms. The quantitative estimate of drug-likeness (QED) is 0.169. The fourth-order valence-electron chi connectivity index (χ4n) is 7.39. The van der Waals surface area contributed by atoms with E-state index in [0.29, 0.717) is 0 Å². The van der Waals surface area contributed by atoms with Gasteiger partial charge in [0.1, 0.15) is 0 Å². The number of nitrogens with zero attached hydrogens (tertiary/aromatic N) is 2. The highest BCUT2D eigenvalue weighted by Crippen LogP contribution is 2.45. The minimum Gasteiger partial charge on any atom is -0.310 e. The van der Waals surface area contributed by atoms with E-state index in [1.54, 1.807) is 0 Å². The van der Waals surface area contributed by atoms with Gasteiger partial charge < -0.3 is 9.47 Å². The van der Waals surface area contributed by atoms with E-state index >= 15 is 0 Å². The Bertz CT molecular complexity index is 2530. The van der Waals surface area contributed by atoms with Crippen LogP contribution in [0.2, 0.25) is 0 Å². The van der Waals surface area contributed by atoms with E-state index in [4.69, 9.17) is 0 Å². The molecule has 0 fully saturated rings. The lowest BCUT2D eigenvalue weighted by atomic mass is 9.88. The number of fused-ring (bicyclic) bond motifs is 3. The highest BCUT2D eigenvalue weighted by molar-refractivity contribution is 6.09. The molecule has 0 amide bonds. The monoisotopic (exact) mass is 638 g/mol. The Balaban J connectivity index is 1.20. The smallest absolute Gasteiger partial charge is 0.0541 e. The Morgan fingerprint density at radius 1 is 0.300 bits per heavy atom. The Morgan fingerprint density at radius 2 is 0.720 bits per heavy atom. The molecule has 2 nitrogen and oxygen atoms in total. The van der Waals surface area contributed by atoms with E-state index in [0.717, 1.165) is 22.7 Å². The van der Waals surface area contributed by atoms with Crippen molar-refractivity contribution in [1.82, 2.24) is 4.57 Å². The third kappa shape index (κ3) is 5.15. The zero-order chi connectivity index (χ0) is 33.3. The molecule has 0 saturated carbocycles. The molecule has 0 bridgehead atoms. The molecule has 0 spiro atoms. The van der Waals surface area contributed by atoms with Crippen molar-refractivity contribution < 1.29 is 0 Å². The maximum atomic E-state index is 2.38. The number of benzene rings is 8. The maximum absolute atomic E-state index is 2.38. The Labute approximate surface area is 292 Å². The number of anilines is 3. The molecule has 0 atom stereocenters. The molecule has 0 aliphatic rings. The predicted molar refractivity (Wildman–Crippen MR) is 212 cm³/mol. The largest absolute Gasteiger partial charge is 0.310 e. The molecule has 50 heavy (non-hydrogen) atoms. The lowest BCUT2D eigenvalue weighted by Crippen LogP contribution is -2.11. The van der Waals surface area contributed by atoms with E-state index in [1.807, 2.05) is 0 Å². The summed E-state index contributed by atoms with van der Waals surface area (Å²) in [5, 5.41) is 2.53. The highest BCUT2D eigenvalue weighted by Gasteiger charge is 2.20. The standard InChI is InChI=1S/C48H34N2/c1-3-17-35(18-4-1)39-21-7-8-22-40(39)41-23-9-10-24-42(41)43-25-11-14-28-46(43)49(36-19-5-2-6-20-36)37-31-33-38(34-32-37)50-47-29-15-12-26-44(47)45-27-13-16-30-48(45)50/h1-34H. The lowest BCUT2D eigenvalue weighted by Gasteiger charge is -2.28. The molecule has 8 aromatic carbocycles. The second-order valence-electron chi connectivity index (χ2n) is 12.5. The average molecular weight is 639 g/mol. The van der Waals surface area contributed by atoms with Crippen molar-refractivity contribution in [2.45, 2.75) is 0 Å². The first-order valence-electron chi connectivity index (χ1n) is 17.1. The number of hydrogen-bond acceptors (Lipinski definition) is 1. The summed E-state index contributed by atoms with van der Waals surface area (Å²) in [6, 6.07) is 74.0. The molecule has 1 aromatic heterocycles.